The Morgan fingerprint density at radius 3 is 3.09 bits per heavy atom. The highest BCUT2D eigenvalue weighted by Gasteiger charge is 2.09. The van der Waals surface area contributed by atoms with Gasteiger partial charge in [0.1, 0.15) is 11.3 Å². The fourth-order valence-electron chi connectivity index (χ4n) is 1.98. The summed E-state index contributed by atoms with van der Waals surface area (Å²) in [5, 5.41) is 3.15. The third kappa shape index (κ3) is 3.22. The monoisotopic (exact) mass is 318 g/mol. The number of hydrogen-bond acceptors (Lipinski definition) is 5. The van der Waals surface area contributed by atoms with Crippen molar-refractivity contribution in [3.63, 3.8) is 0 Å². The van der Waals surface area contributed by atoms with Gasteiger partial charge in [0.05, 0.1) is 24.1 Å². The molecule has 3 N–H and O–H groups in total. The maximum absolute atomic E-state index is 11.9. The molecule has 0 aliphatic heterocycles. The zero-order chi connectivity index (χ0) is 15.5. The highest BCUT2D eigenvalue weighted by molar-refractivity contribution is 7.99. The molecule has 3 rings (SSSR count). The minimum Gasteiger partial charge on any atom is -0.467 e. The van der Waals surface area contributed by atoms with Crippen LogP contribution in [0.15, 0.2) is 38.8 Å². The summed E-state index contributed by atoms with van der Waals surface area (Å²) in [5.74, 6) is 0.696. The van der Waals surface area contributed by atoms with E-state index in [0.29, 0.717) is 28.5 Å². The number of hydrogen-bond donors (Lipinski definition) is 3. The summed E-state index contributed by atoms with van der Waals surface area (Å²) in [6, 6.07) is 5.35. The van der Waals surface area contributed by atoms with Gasteiger partial charge in [-0.2, -0.15) is 0 Å². The molecule has 114 valence electrons. The number of rotatable bonds is 5. The summed E-state index contributed by atoms with van der Waals surface area (Å²) in [6.45, 7) is 2.20. The molecule has 0 bridgehead atoms. The quantitative estimate of drug-likeness (QED) is 0.489. The number of amides is 1. The number of thioether (sulfide) groups is 1. The van der Waals surface area contributed by atoms with Crippen LogP contribution in [0.4, 0.5) is 0 Å². The Kier molecular flexibility index (Phi) is 4.01. The number of nitrogens with one attached hydrogen (secondary N) is 3. The number of aromatic amines is 2. The standard InChI is InChI=1S/C14H14N4O3S/c1-8-5-10-12(16-8)13(20)18-14(17-10)22-7-11(19)15-6-9-3-2-4-21-9/h2-5,16H,6-7H2,1H3,(H,15,19)(H,17,18,20). The van der Waals surface area contributed by atoms with E-state index < -0.39 is 0 Å². The van der Waals surface area contributed by atoms with Crippen LogP contribution in [0.3, 0.4) is 0 Å². The van der Waals surface area contributed by atoms with Crippen molar-refractivity contribution in [2.45, 2.75) is 18.6 Å². The first kappa shape index (κ1) is 14.5. The number of H-pyrrole nitrogens is 2. The third-order valence-corrected chi connectivity index (χ3v) is 3.85. The molecule has 0 spiro atoms. The van der Waals surface area contributed by atoms with Crippen molar-refractivity contribution in [3.05, 3.63) is 46.3 Å². The van der Waals surface area contributed by atoms with Gasteiger partial charge in [-0.25, -0.2) is 4.98 Å². The van der Waals surface area contributed by atoms with E-state index in [-0.39, 0.29) is 17.2 Å². The average Bonchev–Trinajstić information content (AvgIpc) is 3.11. The van der Waals surface area contributed by atoms with Gasteiger partial charge in [0, 0.05) is 5.69 Å². The van der Waals surface area contributed by atoms with E-state index in [1.807, 2.05) is 6.92 Å². The van der Waals surface area contributed by atoms with Gasteiger partial charge in [0.2, 0.25) is 5.91 Å². The van der Waals surface area contributed by atoms with Crippen LogP contribution in [0.25, 0.3) is 11.0 Å². The van der Waals surface area contributed by atoms with Crippen LogP contribution < -0.4 is 10.9 Å². The van der Waals surface area contributed by atoms with Crippen molar-refractivity contribution in [3.8, 4) is 0 Å². The molecule has 7 nitrogen and oxygen atoms in total. The number of aryl methyl sites for hydroxylation is 1. The van der Waals surface area contributed by atoms with Crippen molar-refractivity contribution in [1.82, 2.24) is 20.3 Å². The van der Waals surface area contributed by atoms with Gasteiger partial charge < -0.3 is 14.7 Å². The number of aromatic nitrogens is 3. The minimum atomic E-state index is -0.239. The highest BCUT2D eigenvalue weighted by atomic mass is 32.2. The van der Waals surface area contributed by atoms with Gasteiger partial charge in [-0.3, -0.25) is 14.6 Å². The largest absolute Gasteiger partial charge is 0.467 e. The van der Waals surface area contributed by atoms with Crippen molar-refractivity contribution in [1.29, 1.82) is 0 Å². The van der Waals surface area contributed by atoms with E-state index >= 15 is 0 Å². The molecular weight excluding hydrogens is 304 g/mol. The number of furan rings is 1. The van der Waals surface area contributed by atoms with Gasteiger partial charge in [-0.15, -0.1) is 0 Å². The highest BCUT2D eigenvalue weighted by Crippen LogP contribution is 2.15. The minimum absolute atomic E-state index is 0.158. The zero-order valence-corrected chi connectivity index (χ0v) is 12.6. The first-order chi connectivity index (χ1) is 10.6. The lowest BCUT2D eigenvalue weighted by Crippen LogP contribution is -2.24. The fourth-order valence-corrected chi connectivity index (χ4v) is 2.68. The topological polar surface area (TPSA) is 104 Å². The molecular formula is C14H14N4O3S. The summed E-state index contributed by atoms with van der Waals surface area (Å²) in [7, 11) is 0. The first-order valence-corrected chi connectivity index (χ1v) is 7.62. The van der Waals surface area contributed by atoms with Crippen LogP contribution in [0.5, 0.6) is 0 Å². The Hall–Kier alpha value is -2.48. The summed E-state index contributed by atoms with van der Waals surface area (Å²) in [4.78, 5) is 33.6. The van der Waals surface area contributed by atoms with E-state index in [1.54, 1.807) is 24.5 Å². The van der Waals surface area contributed by atoms with Crippen LogP contribution in [0, 0.1) is 6.92 Å². The molecule has 0 aliphatic rings. The summed E-state index contributed by atoms with van der Waals surface area (Å²) >= 11 is 1.18. The Morgan fingerprint density at radius 2 is 2.32 bits per heavy atom. The van der Waals surface area contributed by atoms with Crippen LogP contribution >= 0.6 is 11.8 Å². The maximum Gasteiger partial charge on any atom is 0.275 e. The van der Waals surface area contributed by atoms with Crippen molar-refractivity contribution >= 4 is 28.7 Å². The second-order valence-electron chi connectivity index (χ2n) is 4.73. The fraction of sp³-hybridized carbons (Fsp3) is 0.214. The van der Waals surface area contributed by atoms with E-state index in [0.717, 1.165) is 5.69 Å². The average molecular weight is 318 g/mol. The van der Waals surface area contributed by atoms with Crippen molar-refractivity contribution in [2.24, 2.45) is 0 Å². The number of carbonyl (C=O) groups excluding carboxylic acids is 1. The number of fused-ring (bicyclic) bond motifs is 1. The first-order valence-electron chi connectivity index (χ1n) is 6.63. The van der Waals surface area contributed by atoms with Gasteiger partial charge in [-0.1, -0.05) is 11.8 Å². The molecule has 8 heteroatoms. The predicted molar refractivity (Wildman–Crippen MR) is 82.7 cm³/mol. The lowest BCUT2D eigenvalue weighted by atomic mass is 10.4. The molecule has 3 heterocycles. The smallest absolute Gasteiger partial charge is 0.275 e. The lowest BCUT2D eigenvalue weighted by Gasteiger charge is -2.03. The molecule has 0 fully saturated rings. The van der Waals surface area contributed by atoms with Gasteiger partial charge in [0.25, 0.3) is 5.56 Å². The molecule has 3 aromatic heterocycles. The lowest BCUT2D eigenvalue weighted by molar-refractivity contribution is -0.118. The van der Waals surface area contributed by atoms with E-state index in [1.165, 1.54) is 11.8 Å². The normalized spacial score (nSPS) is 11.0. The summed E-state index contributed by atoms with van der Waals surface area (Å²) in [5.41, 5.74) is 1.67. The van der Waals surface area contributed by atoms with Gasteiger partial charge in [-0.05, 0) is 25.1 Å². The molecule has 0 unspecified atom stereocenters. The van der Waals surface area contributed by atoms with Gasteiger partial charge >= 0.3 is 0 Å². The van der Waals surface area contributed by atoms with Crippen LogP contribution in [0.2, 0.25) is 0 Å². The Bertz CT molecular complexity index is 851. The molecule has 0 atom stereocenters. The molecule has 0 aromatic carbocycles. The molecule has 1 amide bonds. The van der Waals surface area contributed by atoms with Crippen LogP contribution in [-0.2, 0) is 11.3 Å². The van der Waals surface area contributed by atoms with E-state index in [4.69, 9.17) is 4.42 Å². The second-order valence-corrected chi connectivity index (χ2v) is 5.69. The third-order valence-electron chi connectivity index (χ3n) is 2.98. The van der Waals surface area contributed by atoms with Crippen LogP contribution in [0.1, 0.15) is 11.5 Å². The Morgan fingerprint density at radius 1 is 1.45 bits per heavy atom. The maximum atomic E-state index is 11.9. The molecule has 0 radical (unpaired) electrons. The molecule has 0 saturated heterocycles. The predicted octanol–water partition coefficient (Wildman–Crippen LogP) is 1.56. The summed E-state index contributed by atoms with van der Waals surface area (Å²) < 4.78 is 5.13. The van der Waals surface area contributed by atoms with Crippen molar-refractivity contribution < 1.29 is 9.21 Å². The second kappa shape index (κ2) is 6.10. The van der Waals surface area contributed by atoms with Gasteiger partial charge in [0.15, 0.2) is 5.16 Å². The number of carbonyl (C=O) groups is 1. The SMILES string of the molecule is Cc1cc2nc(SCC(=O)NCc3ccco3)[nH]c(=O)c2[nH]1. The number of nitrogens with zero attached hydrogens (tertiary/aromatic N) is 1. The molecule has 3 aromatic rings. The van der Waals surface area contributed by atoms with Crippen molar-refractivity contribution in [2.75, 3.05) is 5.75 Å². The Labute approximate surface area is 129 Å². The summed E-state index contributed by atoms with van der Waals surface area (Å²) in [6.07, 6.45) is 1.55. The molecule has 0 saturated carbocycles. The van der Waals surface area contributed by atoms with Crippen LogP contribution in [-0.4, -0.2) is 26.6 Å². The molecule has 22 heavy (non-hydrogen) atoms. The Balaban J connectivity index is 1.61. The molecule has 0 aliphatic carbocycles. The zero-order valence-electron chi connectivity index (χ0n) is 11.8. The van der Waals surface area contributed by atoms with E-state index in [9.17, 15) is 9.59 Å². The van der Waals surface area contributed by atoms with E-state index in [2.05, 4.69) is 20.3 Å².